The molecule has 1 aliphatic rings. The molecule has 102 valence electrons. The minimum atomic E-state index is 0.643. The molecule has 4 heteroatoms. The summed E-state index contributed by atoms with van der Waals surface area (Å²) >= 11 is 0. The molecule has 1 aliphatic carbocycles. The summed E-state index contributed by atoms with van der Waals surface area (Å²) in [4.78, 5) is 7.07. The van der Waals surface area contributed by atoms with E-state index in [1.165, 1.54) is 24.8 Å². The molecule has 1 aromatic heterocycles. The van der Waals surface area contributed by atoms with Crippen molar-refractivity contribution in [2.45, 2.75) is 25.8 Å². The third-order valence-corrected chi connectivity index (χ3v) is 4.09. The van der Waals surface area contributed by atoms with Crippen molar-refractivity contribution in [3.63, 3.8) is 0 Å². The zero-order valence-electron chi connectivity index (χ0n) is 11.5. The Labute approximate surface area is 114 Å². The quantitative estimate of drug-likeness (QED) is 0.894. The van der Waals surface area contributed by atoms with Crippen molar-refractivity contribution in [2.75, 3.05) is 25.0 Å². The van der Waals surface area contributed by atoms with E-state index in [0.29, 0.717) is 6.54 Å². The molecule has 4 nitrogen and oxygen atoms in total. The number of hydrogen-bond donors (Lipinski definition) is 1. The second-order valence-electron chi connectivity index (χ2n) is 5.52. The molecule has 0 radical (unpaired) electrons. The first kappa shape index (κ1) is 12.5. The fraction of sp³-hybridized carbons (Fsp3) is 0.533. The van der Waals surface area contributed by atoms with Gasteiger partial charge in [-0.1, -0.05) is 18.6 Å². The maximum Gasteiger partial charge on any atom is 0.206 e. The van der Waals surface area contributed by atoms with Crippen LogP contribution < -0.4 is 10.6 Å². The summed E-state index contributed by atoms with van der Waals surface area (Å²) in [6.07, 6.45) is 4.11. The number of aromatic nitrogens is 2. The van der Waals surface area contributed by atoms with E-state index in [4.69, 9.17) is 10.7 Å². The van der Waals surface area contributed by atoms with Crippen LogP contribution in [0.15, 0.2) is 24.3 Å². The second-order valence-corrected chi connectivity index (χ2v) is 5.52. The topological polar surface area (TPSA) is 47.1 Å². The number of para-hydroxylation sites is 2. The highest BCUT2D eigenvalue weighted by molar-refractivity contribution is 5.78. The van der Waals surface area contributed by atoms with Gasteiger partial charge in [0.2, 0.25) is 5.95 Å². The summed E-state index contributed by atoms with van der Waals surface area (Å²) in [7, 11) is 2.15. The molecule has 0 bridgehead atoms. The predicted octanol–water partition coefficient (Wildman–Crippen LogP) is 2.23. The lowest BCUT2D eigenvalue weighted by molar-refractivity contribution is 0.320. The molecule has 0 atom stereocenters. The number of nitrogens with two attached hydrogens (primary N) is 1. The van der Waals surface area contributed by atoms with E-state index < -0.39 is 0 Å². The predicted molar refractivity (Wildman–Crippen MR) is 79.4 cm³/mol. The average Bonchev–Trinajstić information content (AvgIpc) is 2.74. The number of fused-ring (bicyclic) bond motifs is 1. The van der Waals surface area contributed by atoms with Crippen LogP contribution in [0, 0.1) is 5.92 Å². The molecule has 3 rings (SSSR count). The van der Waals surface area contributed by atoms with Gasteiger partial charge >= 0.3 is 0 Å². The number of hydrogen-bond acceptors (Lipinski definition) is 3. The molecular weight excluding hydrogens is 236 g/mol. The molecule has 0 aliphatic heterocycles. The number of rotatable bonds is 5. The maximum absolute atomic E-state index is 5.75. The molecule has 19 heavy (non-hydrogen) atoms. The van der Waals surface area contributed by atoms with Crippen LogP contribution >= 0.6 is 0 Å². The Balaban J connectivity index is 1.93. The number of benzene rings is 1. The SMILES string of the molecule is CN(CC1CCC1)c1nc2ccccc2n1CCN. The minimum Gasteiger partial charge on any atom is -0.345 e. The first-order valence-corrected chi connectivity index (χ1v) is 7.16. The summed E-state index contributed by atoms with van der Waals surface area (Å²) < 4.78 is 2.24. The second kappa shape index (κ2) is 5.21. The van der Waals surface area contributed by atoms with Crippen LogP contribution in [0.2, 0.25) is 0 Å². The summed E-state index contributed by atoms with van der Waals surface area (Å²) in [5.41, 5.74) is 8.00. The first-order valence-electron chi connectivity index (χ1n) is 7.16. The van der Waals surface area contributed by atoms with Gasteiger partial charge in [0.1, 0.15) is 0 Å². The highest BCUT2D eigenvalue weighted by Gasteiger charge is 2.21. The number of imidazole rings is 1. The molecule has 1 heterocycles. The van der Waals surface area contributed by atoms with Crippen LogP contribution in [0.25, 0.3) is 11.0 Å². The standard InChI is InChI=1S/C15H22N4/c1-18(11-12-5-4-6-12)15-17-13-7-2-3-8-14(13)19(15)10-9-16/h2-3,7-8,12H,4-6,9-11,16H2,1H3. The highest BCUT2D eigenvalue weighted by atomic mass is 15.3. The molecule has 0 spiro atoms. The van der Waals surface area contributed by atoms with E-state index in [1.54, 1.807) is 0 Å². The van der Waals surface area contributed by atoms with Gasteiger partial charge in [0, 0.05) is 26.7 Å². The van der Waals surface area contributed by atoms with Gasteiger partial charge < -0.3 is 15.2 Å². The lowest BCUT2D eigenvalue weighted by atomic mass is 9.85. The highest BCUT2D eigenvalue weighted by Crippen LogP contribution is 2.29. The zero-order chi connectivity index (χ0) is 13.2. The fourth-order valence-corrected chi connectivity index (χ4v) is 2.85. The van der Waals surface area contributed by atoms with Gasteiger partial charge in [0.25, 0.3) is 0 Å². The Kier molecular flexibility index (Phi) is 3.42. The van der Waals surface area contributed by atoms with Crippen molar-refractivity contribution in [2.24, 2.45) is 11.7 Å². The molecular formula is C15H22N4. The monoisotopic (exact) mass is 258 g/mol. The third-order valence-electron chi connectivity index (χ3n) is 4.09. The molecule has 2 aromatic rings. The van der Waals surface area contributed by atoms with E-state index in [0.717, 1.165) is 30.5 Å². The summed E-state index contributed by atoms with van der Waals surface area (Å²) in [5.74, 6) is 1.90. The molecule has 0 saturated heterocycles. The van der Waals surface area contributed by atoms with Crippen LogP contribution in [-0.4, -0.2) is 29.7 Å². The van der Waals surface area contributed by atoms with Crippen molar-refractivity contribution in [3.05, 3.63) is 24.3 Å². The van der Waals surface area contributed by atoms with Gasteiger partial charge in [-0.25, -0.2) is 4.98 Å². The Morgan fingerprint density at radius 1 is 1.37 bits per heavy atom. The van der Waals surface area contributed by atoms with Crippen LogP contribution in [0.5, 0.6) is 0 Å². The molecule has 2 N–H and O–H groups in total. The van der Waals surface area contributed by atoms with Gasteiger partial charge in [-0.3, -0.25) is 0 Å². The van der Waals surface area contributed by atoms with Crippen LogP contribution in [0.1, 0.15) is 19.3 Å². The van der Waals surface area contributed by atoms with Gasteiger partial charge in [0.15, 0.2) is 0 Å². The molecule has 0 amide bonds. The number of nitrogens with zero attached hydrogens (tertiary/aromatic N) is 3. The van der Waals surface area contributed by atoms with Gasteiger partial charge in [-0.15, -0.1) is 0 Å². The fourth-order valence-electron chi connectivity index (χ4n) is 2.85. The van der Waals surface area contributed by atoms with Crippen molar-refractivity contribution in [1.82, 2.24) is 9.55 Å². The molecule has 1 saturated carbocycles. The maximum atomic E-state index is 5.75. The first-order chi connectivity index (χ1) is 9.29. The summed E-state index contributed by atoms with van der Waals surface area (Å²) in [6, 6.07) is 8.30. The van der Waals surface area contributed by atoms with Crippen molar-refractivity contribution in [3.8, 4) is 0 Å². The normalized spacial score (nSPS) is 15.7. The van der Waals surface area contributed by atoms with Crippen LogP contribution in [0.3, 0.4) is 0 Å². The van der Waals surface area contributed by atoms with Gasteiger partial charge in [-0.2, -0.15) is 0 Å². The summed E-state index contributed by atoms with van der Waals surface area (Å²) in [5, 5.41) is 0. The zero-order valence-corrected chi connectivity index (χ0v) is 11.5. The average molecular weight is 258 g/mol. The third kappa shape index (κ3) is 2.32. The van der Waals surface area contributed by atoms with E-state index in [-0.39, 0.29) is 0 Å². The van der Waals surface area contributed by atoms with Crippen molar-refractivity contribution < 1.29 is 0 Å². The Morgan fingerprint density at radius 2 is 2.16 bits per heavy atom. The van der Waals surface area contributed by atoms with Crippen LogP contribution in [0.4, 0.5) is 5.95 Å². The van der Waals surface area contributed by atoms with Crippen LogP contribution in [-0.2, 0) is 6.54 Å². The van der Waals surface area contributed by atoms with E-state index in [1.807, 2.05) is 6.07 Å². The largest absolute Gasteiger partial charge is 0.345 e. The number of anilines is 1. The molecule has 0 unspecified atom stereocenters. The van der Waals surface area contributed by atoms with Gasteiger partial charge in [0.05, 0.1) is 11.0 Å². The van der Waals surface area contributed by atoms with E-state index in [2.05, 4.69) is 34.7 Å². The Hall–Kier alpha value is -1.55. The van der Waals surface area contributed by atoms with Gasteiger partial charge in [-0.05, 0) is 30.9 Å². The van der Waals surface area contributed by atoms with E-state index in [9.17, 15) is 0 Å². The Bertz CT molecular complexity index is 556. The minimum absolute atomic E-state index is 0.643. The lowest BCUT2D eigenvalue weighted by Crippen LogP contribution is -2.31. The van der Waals surface area contributed by atoms with Crippen molar-refractivity contribution >= 4 is 17.0 Å². The molecule has 1 aromatic carbocycles. The smallest absolute Gasteiger partial charge is 0.206 e. The molecule has 1 fully saturated rings. The summed E-state index contributed by atoms with van der Waals surface area (Å²) in [6.45, 7) is 2.57. The van der Waals surface area contributed by atoms with Crippen molar-refractivity contribution in [1.29, 1.82) is 0 Å². The lowest BCUT2D eigenvalue weighted by Gasteiger charge is -2.30. The van der Waals surface area contributed by atoms with E-state index >= 15 is 0 Å². The Morgan fingerprint density at radius 3 is 2.84 bits per heavy atom.